The number of hydrogen-bond acceptors (Lipinski definition) is 3. The summed E-state index contributed by atoms with van der Waals surface area (Å²) in [6.45, 7) is 1.64. The van der Waals surface area contributed by atoms with E-state index in [4.69, 9.17) is 5.11 Å². The molecule has 0 unspecified atom stereocenters. The van der Waals surface area contributed by atoms with Gasteiger partial charge in [-0.05, 0) is 36.8 Å². The van der Waals surface area contributed by atoms with Gasteiger partial charge in [-0.3, -0.25) is 9.59 Å². The lowest BCUT2D eigenvalue weighted by Gasteiger charge is -2.07. The Morgan fingerprint density at radius 2 is 2.21 bits per heavy atom. The van der Waals surface area contributed by atoms with Gasteiger partial charge < -0.3 is 15.0 Å². The van der Waals surface area contributed by atoms with E-state index in [0.717, 1.165) is 5.56 Å². The van der Waals surface area contributed by atoms with Crippen LogP contribution in [0.1, 0.15) is 16.1 Å². The van der Waals surface area contributed by atoms with E-state index in [1.54, 1.807) is 30.6 Å². The largest absolute Gasteiger partial charge is 0.480 e. The van der Waals surface area contributed by atoms with Crippen LogP contribution in [0, 0.1) is 6.92 Å². The number of anilines is 1. The second kappa shape index (κ2) is 5.34. The van der Waals surface area contributed by atoms with Crippen molar-refractivity contribution < 1.29 is 14.7 Å². The molecule has 2 aromatic rings. The van der Waals surface area contributed by atoms with Crippen LogP contribution in [0.15, 0.2) is 36.7 Å². The third-order valence-corrected chi connectivity index (χ3v) is 2.52. The first-order valence-electron chi connectivity index (χ1n) is 5.67. The minimum absolute atomic E-state index is 0.253. The standard InChI is InChI=1S/C13H13N3O3/c1-9-4-5-14-11(7-9)15-13(19)10-3-2-6-16(10)8-12(17)18/h2-7H,8H2,1H3,(H,17,18)(H,14,15,19). The zero-order valence-electron chi connectivity index (χ0n) is 10.3. The predicted octanol–water partition coefficient (Wildman–Crippen LogP) is 1.53. The van der Waals surface area contributed by atoms with E-state index in [1.165, 1.54) is 4.57 Å². The van der Waals surface area contributed by atoms with E-state index in [0.29, 0.717) is 5.82 Å². The average molecular weight is 259 g/mol. The lowest BCUT2D eigenvalue weighted by Crippen LogP contribution is -2.19. The molecule has 19 heavy (non-hydrogen) atoms. The smallest absolute Gasteiger partial charge is 0.323 e. The van der Waals surface area contributed by atoms with Gasteiger partial charge in [0.2, 0.25) is 0 Å². The summed E-state index contributed by atoms with van der Waals surface area (Å²) in [5, 5.41) is 11.4. The summed E-state index contributed by atoms with van der Waals surface area (Å²) in [5.74, 6) is -0.948. The molecule has 0 aromatic carbocycles. The Labute approximate surface area is 109 Å². The normalized spacial score (nSPS) is 10.2. The van der Waals surface area contributed by atoms with Crippen molar-refractivity contribution in [3.63, 3.8) is 0 Å². The SMILES string of the molecule is Cc1ccnc(NC(=O)c2cccn2CC(=O)O)c1. The molecule has 0 aliphatic rings. The molecule has 0 radical (unpaired) electrons. The molecule has 0 aliphatic carbocycles. The minimum atomic E-state index is -1.00. The first-order valence-corrected chi connectivity index (χ1v) is 5.67. The maximum absolute atomic E-state index is 12.0. The molecule has 0 atom stereocenters. The van der Waals surface area contributed by atoms with E-state index >= 15 is 0 Å². The Bertz CT molecular complexity index is 619. The van der Waals surface area contributed by atoms with Gasteiger partial charge >= 0.3 is 5.97 Å². The average Bonchev–Trinajstić information content (AvgIpc) is 2.76. The van der Waals surface area contributed by atoms with Gasteiger partial charge in [-0.15, -0.1) is 0 Å². The fourth-order valence-corrected chi connectivity index (χ4v) is 1.69. The third kappa shape index (κ3) is 3.19. The second-order valence-corrected chi connectivity index (χ2v) is 4.09. The first-order chi connectivity index (χ1) is 9.06. The predicted molar refractivity (Wildman–Crippen MR) is 69.0 cm³/mol. The molecule has 98 valence electrons. The van der Waals surface area contributed by atoms with E-state index in [-0.39, 0.29) is 18.1 Å². The van der Waals surface area contributed by atoms with Crippen LogP contribution in [0.5, 0.6) is 0 Å². The Kier molecular flexibility index (Phi) is 3.61. The highest BCUT2D eigenvalue weighted by Gasteiger charge is 2.13. The van der Waals surface area contributed by atoms with Gasteiger partial charge in [-0.2, -0.15) is 0 Å². The number of aliphatic carboxylic acids is 1. The fourth-order valence-electron chi connectivity index (χ4n) is 1.69. The maximum Gasteiger partial charge on any atom is 0.323 e. The number of hydrogen-bond donors (Lipinski definition) is 2. The highest BCUT2D eigenvalue weighted by atomic mass is 16.4. The molecule has 2 heterocycles. The molecule has 0 saturated carbocycles. The van der Waals surface area contributed by atoms with Gasteiger partial charge in [0, 0.05) is 12.4 Å². The van der Waals surface area contributed by atoms with Gasteiger partial charge in [0.15, 0.2) is 0 Å². The molecule has 1 amide bonds. The number of carboxylic acids is 1. The summed E-state index contributed by atoms with van der Waals surface area (Å²) in [4.78, 5) is 26.7. The van der Waals surface area contributed by atoms with Gasteiger partial charge in [0.1, 0.15) is 18.1 Å². The van der Waals surface area contributed by atoms with Crippen molar-refractivity contribution in [3.05, 3.63) is 47.9 Å². The number of rotatable bonds is 4. The molecule has 6 heteroatoms. The maximum atomic E-state index is 12.0. The summed E-state index contributed by atoms with van der Waals surface area (Å²) in [5.41, 5.74) is 1.26. The van der Waals surface area contributed by atoms with E-state index in [9.17, 15) is 9.59 Å². The highest BCUT2D eigenvalue weighted by Crippen LogP contribution is 2.09. The monoisotopic (exact) mass is 259 g/mol. The quantitative estimate of drug-likeness (QED) is 0.872. The van der Waals surface area contributed by atoms with Crippen LogP contribution in [-0.4, -0.2) is 26.5 Å². The summed E-state index contributed by atoms with van der Waals surface area (Å²) in [6.07, 6.45) is 3.15. The lowest BCUT2D eigenvalue weighted by atomic mass is 10.3. The van der Waals surface area contributed by atoms with Gasteiger partial charge in [-0.1, -0.05) is 0 Å². The highest BCUT2D eigenvalue weighted by molar-refractivity contribution is 6.02. The molecule has 0 fully saturated rings. The molecule has 2 rings (SSSR count). The van der Waals surface area contributed by atoms with Crippen molar-refractivity contribution in [1.82, 2.24) is 9.55 Å². The topological polar surface area (TPSA) is 84.2 Å². The van der Waals surface area contributed by atoms with E-state index < -0.39 is 5.97 Å². The number of carbonyl (C=O) groups excluding carboxylic acids is 1. The molecule has 2 N–H and O–H groups in total. The number of nitrogens with zero attached hydrogens (tertiary/aromatic N) is 2. The zero-order valence-corrected chi connectivity index (χ0v) is 10.3. The summed E-state index contributed by atoms with van der Waals surface area (Å²) >= 11 is 0. The molecular formula is C13H13N3O3. The Hall–Kier alpha value is -2.63. The van der Waals surface area contributed by atoms with Gasteiger partial charge in [0.25, 0.3) is 5.91 Å². The van der Waals surface area contributed by atoms with Crippen LogP contribution in [-0.2, 0) is 11.3 Å². The third-order valence-electron chi connectivity index (χ3n) is 2.52. The summed E-state index contributed by atoms with van der Waals surface area (Å²) < 4.78 is 1.37. The number of aryl methyl sites for hydroxylation is 1. The summed E-state index contributed by atoms with van der Waals surface area (Å²) in [7, 11) is 0. The van der Waals surface area contributed by atoms with E-state index in [2.05, 4.69) is 10.3 Å². The van der Waals surface area contributed by atoms with Crippen LogP contribution < -0.4 is 5.32 Å². The summed E-state index contributed by atoms with van der Waals surface area (Å²) in [6, 6.07) is 6.75. The molecular weight excluding hydrogens is 246 g/mol. The minimum Gasteiger partial charge on any atom is -0.480 e. The molecule has 0 saturated heterocycles. The number of pyridine rings is 1. The number of amides is 1. The first kappa shape index (κ1) is 12.8. The van der Waals surface area contributed by atoms with Crippen LogP contribution in [0.4, 0.5) is 5.82 Å². The van der Waals surface area contributed by atoms with Crippen molar-refractivity contribution >= 4 is 17.7 Å². The number of carbonyl (C=O) groups is 2. The molecule has 6 nitrogen and oxygen atoms in total. The second-order valence-electron chi connectivity index (χ2n) is 4.09. The number of nitrogens with one attached hydrogen (secondary N) is 1. The van der Waals surface area contributed by atoms with Gasteiger partial charge in [0.05, 0.1) is 0 Å². The molecule has 2 aromatic heterocycles. The van der Waals surface area contributed by atoms with Crippen molar-refractivity contribution in [3.8, 4) is 0 Å². The molecule has 0 aliphatic heterocycles. The Morgan fingerprint density at radius 1 is 1.42 bits per heavy atom. The number of aromatic nitrogens is 2. The molecule has 0 spiro atoms. The van der Waals surface area contributed by atoms with Crippen LogP contribution in [0.2, 0.25) is 0 Å². The van der Waals surface area contributed by atoms with Crippen molar-refractivity contribution in [2.24, 2.45) is 0 Å². The van der Waals surface area contributed by atoms with Crippen LogP contribution >= 0.6 is 0 Å². The van der Waals surface area contributed by atoms with Crippen LogP contribution in [0.25, 0.3) is 0 Å². The van der Waals surface area contributed by atoms with Crippen LogP contribution in [0.3, 0.4) is 0 Å². The lowest BCUT2D eigenvalue weighted by molar-refractivity contribution is -0.137. The Balaban J connectivity index is 2.16. The van der Waals surface area contributed by atoms with Crippen molar-refractivity contribution in [2.45, 2.75) is 13.5 Å². The molecule has 0 bridgehead atoms. The zero-order chi connectivity index (χ0) is 13.8. The van der Waals surface area contributed by atoms with Crippen molar-refractivity contribution in [2.75, 3.05) is 5.32 Å². The number of carboxylic acid groups (broad SMARTS) is 1. The Morgan fingerprint density at radius 3 is 2.89 bits per heavy atom. The van der Waals surface area contributed by atoms with Gasteiger partial charge in [-0.25, -0.2) is 4.98 Å². The van der Waals surface area contributed by atoms with Crippen molar-refractivity contribution in [1.29, 1.82) is 0 Å². The van der Waals surface area contributed by atoms with E-state index in [1.807, 2.05) is 13.0 Å². The fraction of sp³-hybridized carbons (Fsp3) is 0.154.